The molecule has 0 fully saturated rings. The molecule has 0 aliphatic carbocycles. The van der Waals surface area contributed by atoms with Crippen molar-refractivity contribution in [1.82, 2.24) is 10.0 Å². The summed E-state index contributed by atoms with van der Waals surface area (Å²) in [6.07, 6.45) is 0. The Morgan fingerprint density at radius 2 is 1.90 bits per heavy atom. The quantitative estimate of drug-likeness (QED) is 0.823. The topological polar surface area (TPSA) is 58.2 Å². The predicted octanol–water partition coefficient (Wildman–Crippen LogP) is 2.90. The second-order valence-electron chi connectivity index (χ2n) is 4.74. The van der Waals surface area contributed by atoms with Crippen molar-refractivity contribution in [2.24, 2.45) is 0 Å². The summed E-state index contributed by atoms with van der Waals surface area (Å²) in [6.45, 7) is 5.23. The molecule has 4 nitrogen and oxygen atoms in total. The van der Waals surface area contributed by atoms with Crippen molar-refractivity contribution in [2.45, 2.75) is 31.3 Å². The highest BCUT2D eigenvalue weighted by molar-refractivity contribution is 7.89. The second-order valence-corrected chi connectivity index (χ2v) is 7.43. The molecule has 2 N–H and O–H groups in total. The van der Waals surface area contributed by atoms with E-state index in [2.05, 4.69) is 10.0 Å². The summed E-state index contributed by atoms with van der Waals surface area (Å²) in [6, 6.07) is 11.0. The normalized spacial score (nSPS) is 13.2. The lowest BCUT2D eigenvalue weighted by Crippen LogP contribution is -2.27. The van der Waals surface area contributed by atoms with E-state index in [1.165, 1.54) is 11.3 Å². The molecule has 2 rings (SSSR count). The molecule has 0 aliphatic rings. The fourth-order valence-electron chi connectivity index (χ4n) is 2.04. The van der Waals surface area contributed by atoms with Crippen molar-refractivity contribution in [3.05, 3.63) is 52.2 Å². The lowest BCUT2D eigenvalue weighted by atomic mass is 10.1. The summed E-state index contributed by atoms with van der Waals surface area (Å²) < 4.78 is 27.8. The van der Waals surface area contributed by atoms with Crippen LogP contribution in [0.5, 0.6) is 0 Å². The van der Waals surface area contributed by atoms with E-state index in [0.29, 0.717) is 11.4 Å². The molecule has 0 spiro atoms. The highest BCUT2D eigenvalue weighted by Crippen LogP contribution is 2.24. The zero-order valence-electron chi connectivity index (χ0n) is 12.2. The Bertz CT molecular complexity index is 666. The maximum Gasteiger partial charge on any atom is 0.242 e. The minimum Gasteiger partial charge on any atom is -0.312 e. The van der Waals surface area contributed by atoms with Gasteiger partial charge in [0.1, 0.15) is 0 Å². The average Bonchev–Trinajstić information content (AvgIpc) is 2.95. The molecule has 114 valence electrons. The molecule has 0 saturated heterocycles. The third-order valence-corrected chi connectivity index (χ3v) is 5.84. The van der Waals surface area contributed by atoms with Crippen LogP contribution < -0.4 is 10.0 Å². The van der Waals surface area contributed by atoms with E-state index in [9.17, 15) is 8.42 Å². The number of hydrogen-bond acceptors (Lipinski definition) is 4. The molecule has 1 aromatic heterocycles. The summed E-state index contributed by atoms with van der Waals surface area (Å²) >= 11 is 1.46. The van der Waals surface area contributed by atoms with Gasteiger partial charge in [-0.25, -0.2) is 13.1 Å². The Hall–Kier alpha value is -1.21. The monoisotopic (exact) mass is 324 g/mol. The van der Waals surface area contributed by atoms with Crippen LogP contribution in [-0.4, -0.2) is 15.0 Å². The van der Waals surface area contributed by atoms with Gasteiger partial charge >= 0.3 is 0 Å². The first-order chi connectivity index (χ1) is 10.0. The van der Waals surface area contributed by atoms with Crippen molar-refractivity contribution in [2.75, 3.05) is 6.54 Å². The Kier molecular flexibility index (Phi) is 5.52. The first kappa shape index (κ1) is 16.2. The summed E-state index contributed by atoms with van der Waals surface area (Å²) in [5, 5.41) is 4.98. The van der Waals surface area contributed by atoms with Crippen molar-refractivity contribution in [3.8, 4) is 0 Å². The van der Waals surface area contributed by atoms with Gasteiger partial charge in [-0.2, -0.15) is 0 Å². The van der Waals surface area contributed by atoms with Gasteiger partial charge in [0.25, 0.3) is 0 Å². The first-order valence-corrected chi connectivity index (χ1v) is 9.25. The number of hydrogen-bond donors (Lipinski definition) is 2. The second kappa shape index (κ2) is 7.17. The lowest BCUT2D eigenvalue weighted by molar-refractivity contribution is 0.565. The van der Waals surface area contributed by atoms with Crippen LogP contribution in [0.3, 0.4) is 0 Å². The Balaban J connectivity index is 2.17. The molecule has 2 aromatic rings. The minimum absolute atomic E-state index is 0.261. The van der Waals surface area contributed by atoms with Gasteiger partial charge in [0.05, 0.1) is 4.90 Å². The van der Waals surface area contributed by atoms with Crippen LogP contribution in [0.25, 0.3) is 0 Å². The summed E-state index contributed by atoms with van der Waals surface area (Å²) in [4.78, 5) is 1.21. The Morgan fingerprint density at radius 3 is 2.57 bits per heavy atom. The third kappa shape index (κ3) is 4.14. The number of thiophene rings is 1. The van der Waals surface area contributed by atoms with E-state index in [0.717, 1.165) is 17.0 Å². The standard InChI is InChI=1S/C15H20N2O2S2/c1-3-16-11-14-15(9-10-20-14)21(18,19)17-12(2)13-7-5-4-6-8-13/h4-10,12,16-17H,3,11H2,1-2H3. The molecule has 21 heavy (non-hydrogen) atoms. The van der Waals surface area contributed by atoms with Gasteiger partial charge in [-0.1, -0.05) is 37.3 Å². The highest BCUT2D eigenvalue weighted by atomic mass is 32.2. The van der Waals surface area contributed by atoms with Crippen LogP contribution in [0, 0.1) is 0 Å². The van der Waals surface area contributed by atoms with Crippen molar-refractivity contribution >= 4 is 21.4 Å². The molecule has 1 aromatic carbocycles. The van der Waals surface area contributed by atoms with E-state index in [-0.39, 0.29) is 6.04 Å². The zero-order valence-corrected chi connectivity index (χ0v) is 13.8. The maximum absolute atomic E-state index is 12.5. The molecule has 1 atom stereocenters. The van der Waals surface area contributed by atoms with E-state index in [1.807, 2.05) is 49.6 Å². The van der Waals surface area contributed by atoms with E-state index in [1.54, 1.807) is 6.07 Å². The van der Waals surface area contributed by atoms with Crippen LogP contribution in [0.1, 0.15) is 30.3 Å². The van der Waals surface area contributed by atoms with Gasteiger partial charge in [0, 0.05) is 17.5 Å². The van der Waals surface area contributed by atoms with E-state index in [4.69, 9.17) is 0 Å². The van der Waals surface area contributed by atoms with E-state index >= 15 is 0 Å². The van der Waals surface area contributed by atoms with Crippen LogP contribution in [0.4, 0.5) is 0 Å². The summed E-state index contributed by atoms with van der Waals surface area (Å²) in [5.74, 6) is 0. The summed E-state index contributed by atoms with van der Waals surface area (Å²) in [7, 11) is -3.50. The van der Waals surface area contributed by atoms with Gasteiger partial charge in [-0.15, -0.1) is 11.3 Å². The first-order valence-electron chi connectivity index (χ1n) is 6.89. The van der Waals surface area contributed by atoms with Crippen LogP contribution in [-0.2, 0) is 16.6 Å². The largest absolute Gasteiger partial charge is 0.312 e. The number of benzene rings is 1. The summed E-state index contributed by atoms with van der Waals surface area (Å²) in [5.41, 5.74) is 0.949. The molecule has 6 heteroatoms. The molecule has 1 unspecified atom stereocenters. The molecule has 0 saturated carbocycles. The van der Waals surface area contributed by atoms with Crippen molar-refractivity contribution < 1.29 is 8.42 Å². The average molecular weight is 324 g/mol. The molecule has 0 radical (unpaired) electrons. The van der Waals surface area contributed by atoms with Crippen LogP contribution in [0.15, 0.2) is 46.7 Å². The Labute approximate surface area is 130 Å². The van der Waals surface area contributed by atoms with Gasteiger partial charge < -0.3 is 5.32 Å². The van der Waals surface area contributed by atoms with Crippen molar-refractivity contribution in [3.63, 3.8) is 0 Å². The van der Waals surface area contributed by atoms with Gasteiger partial charge in [-0.05, 0) is 30.5 Å². The molecule has 0 bridgehead atoms. The van der Waals surface area contributed by atoms with E-state index < -0.39 is 10.0 Å². The predicted molar refractivity (Wildman–Crippen MR) is 86.9 cm³/mol. The fraction of sp³-hybridized carbons (Fsp3) is 0.333. The molecule has 0 aliphatic heterocycles. The van der Waals surface area contributed by atoms with Crippen molar-refractivity contribution in [1.29, 1.82) is 0 Å². The molecule has 0 amide bonds. The van der Waals surface area contributed by atoms with Gasteiger partial charge in [0.15, 0.2) is 0 Å². The fourth-order valence-corrected chi connectivity index (χ4v) is 4.69. The highest BCUT2D eigenvalue weighted by Gasteiger charge is 2.22. The zero-order chi connectivity index (χ0) is 15.3. The number of sulfonamides is 1. The third-order valence-electron chi connectivity index (χ3n) is 3.16. The molecular formula is C15H20N2O2S2. The number of nitrogens with one attached hydrogen (secondary N) is 2. The molecular weight excluding hydrogens is 304 g/mol. The van der Waals surface area contributed by atoms with Crippen LogP contribution in [0.2, 0.25) is 0 Å². The Morgan fingerprint density at radius 1 is 1.19 bits per heavy atom. The van der Waals surface area contributed by atoms with Gasteiger partial charge in [-0.3, -0.25) is 0 Å². The lowest BCUT2D eigenvalue weighted by Gasteiger charge is -2.15. The van der Waals surface area contributed by atoms with Crippen LogP contribution >= 0.6 is 11.3 Å². The smallest absolute Gasteiger partial charge is 0.242 e. The molecule has 1 heterocycles. The SMILES string of the molecule is CCNCc1sccc1S(=O)(=O)NC(C)c1ccccc1. The minimum atomic E-state index is -3.50. The number of rotatable bonds is 7. The van der Waals surface area contributed by atoms with Gasteiger partial charge in [0.2, 0.25) is 10.0 Å². The maximum atomic E-state index is 12.5.